The fraction of sp³-hybridized carbons (Fsp3) is 0.429. The summed E-state index contributed by atoms with van der Waals surface area (Å²) in [6, 6.07) is 1.79. The van der Waals surface area contributed by atoms with E-state index in [-0.39, 0.29) is 22.0 Å². The summed E-state index contributed by atoms with van der Waals surface area (Å²) in [6.45, 7) is 0.442. The van der Waals surface area contributed by atoms with Crippen LogP contribution in [0.15, 0.2) is 12.1 Å². The van der Waals surface area contributed by atoms with Gasteiger partial charge in [-0.15, -0.1) is 0 Å². The molecule has 0 bridgehead atoms. The molecule has 1 unspecified atom stereocenters. The van der Waals surface area contributed by atoms with Gasteiger partial charge in [0, 0.05) is 12.6 Å². The molecular formula is C14H14Cl2FNO3. The van der Waals surface area contributed by atoms with Crippen LogP contribution in [0.4, 0.5) is 4.39 Å². The van der Waals surface area contributed by atoms with Crippen molar-refractivity contribution in [1.29, 1.82) is 0 Å². The molecule has 2 rings (SSSR count). The van der Waals surface area contributed by atoms with Crippen molar-refractivity contribution in [2.24, 2.45) is 0 Å². The minimum atomic E-state index is -0.965. The highest BCUT2D eigenvalue weighted by atomic mass is 35.5. The predicted octanol–water partition coefficient (Wildman–Crippen LogP) is 3.60. The lowest BCUT2D eigenvalue weighted by atomic mass is 9.98. The lowest BCUT2D eigenvalue weighted by Crippen LogP contribution is -2.44. The van der Waals surface area contributed by atoms with E-state index in [2.05, 4.69) is 0 Å². The van der Waals surface area contributed by atoms with Gasteiger partial charge in [0.1, 0.15) is 5.82 Å². The molecule has 21 heavy (non-hydrogen) atoms. The Hall–Kier alpha value is -1.33. The number of carbonyl (C=O) groups excluding carboxylic acids is 1. The van der Waals surface area contributed by atoms with Gasteiger partial charge in [0.15, 0.2) is 0 Å². The molecule has 1 atom stereocenters. The molecule has 114 valence electrons. The number of benzene rings is 1. The van der Waals surface area contributed by atoms with E-state index in [1.807, 2.05) is 0 Å². The molecule has 1 heterocycles. The molecule has 1 aliphatic rings. The third-order valence-corrected chi connectivity index (χ3v) is 4.14. The van der Waals surface area contributed by atoms with Crippen molar-refractivity contribution >= 4 is 35.1 Å². The van der Waals surface area contributed by atoms with Crippen molar-refractivity contribution in [3.8, 4) is 0 Å². The van der Waals surface area contributed by atoms with Gasteiger partial charge in [0.05, 0.1) is 22.0 Å². The lowest BCUT2D eigenvalue weighted by molar-refractivity contribution is -0.138. The fourth-order valence-electron chi connectivity index (χ4n) is 2.52. The third-order valence-electron chi connectivity index (χ3n) is 3.54. The van der Waals surface area contributed by atoms with Crippen molar-refractivity contribution in [2.75, 3.05) is 6.54 Å². The quantitative estimate of drug-likeness (QED) is 0.859. The van der Waals surface area contributed by atoms with Gasteiger partial charge in [-0.1, -0.05) is 23.2 Å². The monoisotopic (exact) mass is 333 g/mol. The van der Waals surface area contributed by atoms with Gasteiger partial charge in [-0.2, -0.15) is 0 Å². The van der Waals surface area contributed by atoms with Crippen LogP contribution in [0.1, 0.15) is 36.0 Å². The number of likely N-dealkylation sites (tertiary alicyclic amines) is 1. The molecule has 1 aromatic rings. The van der Waals surface area contributed by atoms with Crippen LogP contribution in [0, 0.1) is 5.82 Å². The van der Waals surface area contributed by atoms with Crippen LogP contribution in [-0.2, 0) is 4.79 Å². The van der Waals surface area contributed by atoms with Crippen LogP contribution in [0.25, 0.3) is 0 Å². The molecule has 0 spiro atoms. The second-order valence-electron chi connectivity index (χ2n) is 4.99. The maximum absolute atomic E-state index is 13.5. The van der Waals surface area contributed by atoms with E-state index in [1.165, 1.54) is 11.0 Å². The molecule has 1 saturated heterocycles. The number of carboxylic acid groups (broad SMARTS) is 1. The summed E-state index contributed by atoms with van der Waals surface area (Å²) in [6.07, 6.45) is 2.14. The number of hydrogen-bond acceptors (Lipinski definition) is 2. The number of rotatable bonds is 3. The number of piperidine rings is 1. The Labute approximate surface area is 131 Å². The van der Waals surface area contributed by atoms with Crippen molar-refractivity contribution in [3.05, 3.63) is 33.6 Å². The van der Waals surface area contributed by atoms with E-state index >= 15 is 0 Å². The van der Waals surface area contributed by atoms with Crippen LogP contribution >= 0.6 is 23.2 Å². The number of carbonyl (C=O) groups is 2. The second-order valence-corrected chi connectivity index (χ2v) is 5.81. The summed E-state index contributed by atoms with van der Waals surface area (Å²) < 4.78 is 13.5. The zero-order valence-electron chi connectivity index (χ0n) is 11.1. The number of halogens is 3. The summed E-state index contributed by atoms with van der Waals surface area (Å²) >= 11 is 11.6. The third kappa shape index (κ3) is 3.66. The Morgan fingerprint density at radius 2 is 2.00 bits per heavy atom. The Bertz CT molecular complexity index is 580. The Morgan fingerprint density at radius 3 is 2.67 bits per heavy atom. The van der Waals surface area contributed by atoms with Crippen molar-refractivity contribution in [1.82, 2.24) is 4.90 Å². The first kappa shape index (κ1) is 16.0. The number of amides is 1. The number of nitrogens with zero attached hydrogens (tertiary/aromatic N) is 1. The Balaban J connectivity index is 2.28. The fourth-order valence-corrected chi connectivity index (χ4v) is 2.99. The van der Waals surface area contributed by atoms with Crippen LogP contribution in [0.5, 0.6) is 0 Å². The summed E-state index contributed by atoms with van der Waals surface area (Å²) in [7, 11) is 0. The van der Waals surface area contributed by atoms with Crippen LogP contribution in [0.2, 0.25) is 10.0 Å². The summed E-state index contributed by atoms with van der Waals surface area (Å²) in [5.41, 5.74) is 0.0101. The molecule has 0 saturated carbocycles. The van der Waals surface area contributed by atoms with E-state index in [0.29, 0.717) is 13.0 Å². The first-order chi connectivity index (χ1) is 9.90. The predicted molar refractivity (Wildman–Crippen MR) is 77.3 cm³/mol. The van der Waals surface area contributed by atoms with Gasteiger partial charge in [-0.05, 0) is 31.4 Å². The van der Waals surface area contributed by atoms with Gasteiger partial charge < -0.3 is 10.0 Å². The zero-order chi connectivity index (χ0) is 15.6. The largest absolute Gasteiger partial charge is 0.481 e. The minimum absolute atomic E-state index is 0.0101. The molecule has 1 aromatic carbocycles. The van der Waals surface area contributed by atoms with Crippen LogP contribution in [0.3, 0.4) is 0 Å². The first-order valence-electron chi connectivity index (χ1n) is 6.57. The van der Waals surface area contributed by atoms with Crippen LogP contribution in [-0.4, -0.2) is 34.5 Å². The van der Waals surface area contributed by atoms with Crippen molar-refractivity contribution < 1.29 is 19.1 Å². The number of aliphatic carboxylic acids is 1. The molecule has 1 N–H and O–H groups in total. The van der Waals surface area contributed by atoms with Crippen molar-refractivity contribution in [3.63, 3.8) is 0 Å². The summed E-state index contributed by atoms with van der Waals surface area (Å²) in [4.78, 5) is 24.9. The van der Waals surface area contributed by atoms with E-state index < -0.39 is 23.7 Å². The van der Waals surface area contributed by atoms with Gasteiger partial charge in [-0.25, -0.2) is 4.39 Å². The maximum atomic E-state index is 13.5. The standard InChI is InChI=1S/C14H14Cl2FNO3/c15-10-7-11(16)12(17)6-9(10)14(21)18-4-2-1-3-8(18)5-13(19)20/h6-8H,1-5H2,(H,19,20). The molecule has 1 fully saturated rings. The van der Waals surface area contributed by atoms with Gasteiger partial charge in [0.25, 0.3) is 5.91 Å². The smallest absolute Gasteiger partial charge is 0.305 e. The molecular weight excluding hydrogens is 320 g/mol. The second kappa shape index (κ2) is 6.62. The molecule has 0 radical (unpaired) electrons. The Kier molecular flexibility index (Phi) is 5.06. The Morgan fingerprint density at radius 1 is 1.29 bits per heavy atom. The van der Waals surface area contributed by atoms with E-state index in [9.17, 15) is 14.0 Å². The van der Waals surface area contributed by atoms with Gasteiger partial charge in [0.2, 0.25) is 0 Å². The highest BCUT2D eigenvalue weighted by Gasteiger charge is 2.30. The highest BCUT2D eigenvalue weighted by Crippen LogP contribution is 2.28. The molecule has 0 aliphatic carbocycles. The first-order valence-corrected chi connectivity index (χ1v) is 7.33. The minimum Gasteiger partial charge on any atom is -0.481 e. The van der Waals surface area contributed by atoms with E-state index in [1.54, 1.807) is 0 Å². The molecule has 1 amide bonds. The summed E-state index contributed by atoms with van der Waals surface area (Å²) in [5, 5.41) is 8.84. The SMILES string of the molecule is O=C(O)CC1CCCCN1C(=O)c1cc(F)c(Cl)cc1Cl. The average Bonchev–Trinajstić information content (AvgIpc) is 2.42. The lowest BCUT2D eigenvalue weighted by Gasteiger charge is -2.35. The molecule has 0 aromatic heterocycles. The zero-order valence-corrected chi connectivity index (χ0v) is 12.6. The topological polar surface area (TPSA) is 57.6 Å². The molecule has 1 aliphatic heterocycles. The van der Waals surface area contributed by atoms with Gasteiger partial charge >= 0.3 is 5.97 Å². The highest BCUT2D eigenvalue weighted by molar-refractivity contribution is 6.36. The number of carboxylic acids is 1. The van der Waals surface area contributed by atoms with Crippen LogP contribution < -0.4 is 0 Å². The normalized spacial score (nSPS) is 18.6. The van der Waals surface area contributed by atoms with Crippen molar-refractivity contribution in [2.45, 2.75) is 31.7 Å². The summed E-state index contributed by atoms with van der Waals surface area (Å²) in [5.74, 6) is -2.15. The average molecular weight is 334 g/mol. The molecule has 7 heteroatoms. The van der Waals surface area contributed by atoms with Gasteiger partial charge in [-0.3, -0.25) is 9.59 Å². The van der Waals surface area contributed by atoms with E-state index in [0.717, 1.165) is 18.9 Å². The van der Waals surface area contributed by atoms with E-state index in [4.69, 9.17) is 28.3 Å². The maximum Gasteiger partial charge on any atom is 0.305 e. The number of hydrogen-bond donors (Lipinski definition) is 1. The molecule has 4 nitrogen and oxygen atoms in total.